The van der Waals surface area contributed by atoms with Gasteiger partial charge in [-0.25, -0.2) is 0 Å². The van der Waals surface area contributed by atoms with Crippen LogP contribution in [-0.4, -0.2) is 27.6 Å². The molecule has 0 bridgehead atoms. The van der Waals surface area contributed by atoms with E-state index in [2.05, 4.69) is 9.72 Å². The summed E-state index contributed by atoms with van der Waals surface area (Å²) in [5, 5.41) is 11.0. The lowest BCUT2D eigenvalue weighted by Crippen LogP contribution is -2.40. The number of nitrogens with zero attached hydrogens (tertiary/aromatic N) is 2. The van der Waals surface area contributed by atoms with E-state index >= 15 is 0 Å². The number of esters is 1. The van der Waals surface area contributed by atoms with E-state index in [4.69, 9.17) is 0 Å². The Morgan fingerprint density at radius 2 is 2.22 bits per heavy atom. The van der Waals surface area contributed by atoms with Crippen molar-refractivity contribution in [3.05, 3.63) is 48.5 Å². The molecule has 1 atom stereocenters. The van der Waals surface area contributed by atoms with E-state index in [0.29, 0.717) is 23.9 Å². The first-order chi connectivity index (χ1) is 10.9. The zero-order valence-corrected chi connectivity index (χ0v) is 12.2. The molecule has 0 saturated carbocycles. The van der Waals surface area contributed by atoms with Crippen molar-refractivity contribution in [3.8, 4) is 0 Å². The van der Waals surface area contributed by atoms with Crippen LogP contribution in [-0.2, 0) is 16.0 Å². The molecule has 2 heterocycles. The second-order valence-electron chi connectivity index (χ2n) is 5.36. The minimum Gasteiger partial charge on any atom is -0.469 e. The van der Waals surface area contributed by atoms with Crippen molar-refractivity contribution in [2.75, 3.05) is 7.11 Å². The highest BCUT2D eigenvalue weighted by molar-refractivity contribution is 5.82. The molecule has 1 unspecified atom stereocenters. The second kappa shape index (κ2) is 5.34. The number of H-pyrrole nitrogens is 1. The first-order valence-electron chi connectivity index (χ1n) is 6.95. The van der Waals surface area contributed by atoms with Gasteiger partial charge in [0.2, 0.25) is 0 Å². The fourth-order valence-electron chi connectivity index (χ4n) is 3.01. The van der Waals surface area contributed by atoms with E-state index in [9.17, 15) is 24.5 Å². The maximum atomic E-state index is 12.2. The van der Waals surface area contributed by atoms with Gasteiger partial charge in [0.15, 0.2) is 0 Å². The number of nitrogens with one attached hydrogen (secondary N) is 1. The van der Waals surface area contributed by atoms with Gasteiger partial charge in [0.1, 0.15) is 0 Å². The summed E-state index contributed by atoms with van der Waals surface area (Å²) in [4.78, 5) is 48.5. The van der Waals surface area contributed by atoms with Crippen molar-refractivity contribution < 1.29 is 14.5 Å². The maximum Gasteiger partial charge on any atom is 0.317 e. The summed E-state index contributed by atoms with van der Waals surface area (Å²) in [6, 6.07) is 2.11. The Labute approximate surface area is 128 Å². The number of rotatable bonds is 3. The molecular formula is C14H13N3O6. The molecule has 2 aromatic rings. The predicted octanol–water partition coefficient (Wildman–Crippen LogP) is 0.648. The molecule has 1 aromatic carbocycles. The Morgan fingerprint density at radius 3 is 2.87 bits per heavy atom. The van der Waals surface area contributed by atoms with Crippen molar-refractivity contribution in [2.45, 2.75) is 25.3 Å². The summed E-state index contributed by atoms with van der Waals surface area (Å²) in [5.41, 5.74) is -0.556. The van der Waals surface area contributed by atoms with Crippen LogP contribution in [0.15, 0.2) is 21.7 Å². The number of ether oxygens (including phenoxy) is 1. The van der Waals surface area contributed by atoms with Gasteiger partial charge in [-0.3, -0.25) is 29.1 Å². The summed E-state index contributed by atoms with van der Waals surface area (Å²) < 4.78 is 5.89. The maximum absolute atomic E-state index is 12.2. The number of carbonyl (C=O) groups excluding carboxylic acids is 1. The van der Waals surface area contributed by atoms with Crippen LogP contribution in [0.25, 0.3) is 11.0 Å². The smallest absolute Gasteiger partial charge is 0.317 e. The lowest BCUT2D eigenvalue weighted by Gasteiger charge is -2.26. The standard InChI is InChI=1S/C14H13N3O6/c1-23-11(18)6-8-3-2-7-4-9(17(21)22)5-10-12(7)16(8)14(20)13(19)15-10/h4-5,8H,2-3,6H2,1H3,(H,15,19). The van der Waals surface area contributed by atoms with Gasteiger partial charge in [0.05, 0.1) is 29.5 Å². The number of nitro groups is 1. The average molecular weight is 319 g/mol. The number of aromatic amines is 1. The molecule has 9 nitrogen and oxygen atoms in total. The number of aryl methyl sites for hydroxylation is 1. The zero-order valence-electron chi connectivity index (χ0n) is 12.2. The first-order valence-corrected chi connectivity index (χ1v) is 6.95. The van der Waals surface area contributed by atoms with Gasteiger partial charge < -0.3 is 9.72 Å². The van der Waals surface area contributed by atoms with Crippen LogP contribution in [0.5, 0.6) is 0 Å². The number of methoxy groups -OCH3 is 1. The van der Waals surface area contributed by atoms with E-state index < -0.39 is 28.1 Å². The molecule has 120 valence electrons. The van der Waals surface area contributed by atoms with Crippen LogP contribution in [0, 0.1) is 10.1 Å². The van der Waals surface area contributed by atoms with E-state index in [1.165, 1.54) is 23.8 Å². The molecule has 1 aromatic heterocycles. The summed E-state index contributed by atoms with van der Waals surface area (Å²) in [7, 11) is 1.25. The Balaban J connectivity index is 2.31. The first kappa shape index (κ1) is 14.9. The van der Waals surface area contributed by atoms with Crippen LogP contribution >= 0.6 is 0 Å². The van der Waals surface area contributed by atoms with E-state index in [0.717, 1.165) is 0 Å². The van der Waals surface area contributed by atoms with Crippen LogP contribution in [0.2, 0.25) is 0 Å². The molecule has 23 heavy (non-hydrogen) atoms. The largest absolute Gasteiger partial charge is 0.469 e. The monoisotopic (exact) mass is 319 g/mol. The lowest BCUT2D eigenvalue weighted by atomic mass is 9.96. The van der Waals surface area contributed by atoms with E-state index in [1.54, 1.807) is 0 Å². The van der Waals surface area contributed by atoms with E-state index in [1.807, 2.05) is 0 Å². The van der Waals surface area contributed by atoms with Gasteiger partial charge in [-0.2, -0.15) is 0 Å². The highest BCUT2D eigenvalue weighted by Crippen LogP contribution is 2.32. The predicted molar refractivity (Wildman–Crippen MR) is 79.5 cm³/mol. The van der Waals surface area contributed by atoms with Gasteiger partial charge in [-0.15, -0.1) is 0 Å². The normalized spacial score (nSPS) is 16.3. The third-order valence-corrected chi connectivity index (χ3v) is 4.03. The number of non-ortho nitro benzene ring substituents is 1. The molecule has 9 heteroatoms. The fourth-order valence-corrected chi connectivity index (χ4v) is 3.01. The zero-order chi connectivity index (χ0) is 16.7. The number of nitro benzene ring substituents is 1. The van der Waals surface area contributed by atoms with Gasteiger partial charge in [-0.1, -0.05) is 0 Å². The Kier molecular flexibility index (Phi) is 3.47. The third kappa shape index (κ3) is 2.39. The molecule has 1 aliphatic rings. The van der Waals surface area contributed by atoms with Crippen LogP contribution in [0.3, 0.4) is 0 Å². The minimum absolute atomic E-state index is 0.0363. The number of carbonyl (C=O) groups is 1. The van der Waals surface area contributed by atoms with Crippen molar-refractivity contribution in [3.63, 3.8) is 0 Å². The molecule has 0 fully saturated rings. The van der Waals surface area contributed by atoms with Gasteiger partial charge >= 0.3 is 17.1 Å². The minimum atomic E-state index is -0.874. The van der Waals surface area contributed by atoms with Gasteiger partial charge in [-0.05, 0) is 18.4 Å². The van der Waals surface area contributed by atoms with E-state index in [-0.39, 0.29) is 17.6 Å². The SMILES string of the molecule is COC(=O)CC1CCc2cc([N+](=O)[O-])cc3[nH]c(=O)c(=O)n1c23. The lowest BCUT2D eigenvalue weighted by molar-refractivity contribution is -0.384. The number of hydrogen-bond donors (Lipinski definition) is 1. The summed E-state index contributed by atoms with van der Waals surface area (Å²) >= 11 is 0. The van der Waals surface area contributed by atoms with Crippen LogP contribution in [0.4, 0.5) is 5.69 Å². The average Bonchev–Trinajstić information content (AvgIpc) is 2.52. The number of hydrogen-bond acceptors (Lipinski definition) is 6. The second-order valence-corrected chi connectivity index (χ2v) is 5.36. The van der Waals surface area contributed by atoms with Gasteiger partial charge in [0, 0.05) is 18.2 Å². The number of benzene rings is 1. The summed E-state index contributed by atoms with van der Waals surface area (Å²) in [6.45, 7) is 0. The van der Waals surface area contributed by atoms with Crippen molar-refractivity contribution in [1.29, 1.82) is 0 Å². The third-order valence-electron chi connectivity index (χ3n) is 4.03. The van der Waals surface area contributed by atoms with Crippen molar-refractivity contribution in [1.82, 2.24) is 9.55 Å². The Hall–Kier alpha value is -2.97. The van der Waals surface area contributed by atoms with Crippen molar-refractivity contribution in [2.24, 2.45) is 0 Å². The van der Waals surface area contributed by atoms with Crippen molar-refractivity contribution >= 4 is 22.7 Å². The molecule has 0 amide bonds. The molecule has 0 saturated heterocycles. The molecule has 0 aliphatic carbocycles. The molecule has 0 radical (unpaired) electrons. The number of aromatic nitrogens is 2. The quantitative estimate of drug-likeness (QED) is 0.383. The topological polar surface area (TPSA) is 124 Å². The van der Waals surface area contributed by atoms with Gasteiger partial charge in [0.25, 0.3) is 5.69 Å². The summed E-state index contributed by atoms with van der Waals surface area (Å²) in [5.74, 6) is -0.485. The van der Waals surface area contributed by atoms with Crippen LogP contribution < -0.4 is 11.1 Å². The molecule has 1 aliphatic heterocycles. The molecule has 1 N–H and O–H groups in total. The Morgan fingerprint density at radius 1 is 1.48 bits per heavy atom. The molecular weight excluding hydrogens is 306 g/mol. The Bertz CT molecular complexity index is 942. The summed E-state index contributed by atoms with van der Waals surface area (Å²) in [6.07, 6.45) is 0.846. The highest BCUT2D eigenvalue weighted by atomic mass is 16.6. The highest BCUT2D eigenvalue weighted by Gasteiger charge is 2.28. The fraction of sp³-hybridized carbons (Fsp3) is 0.357. The van der Waals surface area contributed by atoms with Crippen LogP contribution in [0.1, 0.15) is 24.4 Å². The molecule has 0 spiro atoms. The molecule has 3 rings (SSSR count).